The third-order valence-electron chi connectivity index (χ3n) is 3.60. The van der Waals surface area contributed by atoms with Crippen molar-refractivity contribution in [3.05, 3.63) is 41.0 Å². The highest BCUT2D eigenvalue weighted by Crippen LogP contribution is 2.24. The van der Waals surface area contributed by atoms with Crippen LogP contribution in [0.15, 0.2) is 33.9 Å². The van der Waals surface area contributed by atoms with Crippen LogP contribution in [0.4, 0.5) is 0 Å². The number of carbonyl (C=O) groups is 1. The van der Waals surface area contributed by atoms with Gasteiger partial charge in [-0.3, -0.25) is 4.79 Å². The first-order chi connectivity index (χ1) is 12.6. The molecule has 3 rings (SSSR count). The summed E-state index contributed by atoms with van der Waals surface area (Å²) in [6, 6.07) is 7.23. The molecule has 2 aromatic heterocycles. The van der Waals surface area contributed by atoms with Crippen molar-refractivity contribution in [3.8, 4) is 11.4 Å². The second-order valence-corrected chi connectivity index (χ2v) is 6.80. The highest BCUT2D eigenvalue weighted by atomic mass is 35.5. The molecule has 0 aliphatic rings. The number of nitrogens with zero attached hydrogens (tertiary/aromatic N) is 5. The quantitative estimate of drug-likeness (QED) is 0.586. The van der Waals surface area contributed by atoms with Gasteiger partial charge in [0.1, 0.15) is 5.82 Å². The molecule has 2 heterocycles. The van der Waals surface area contributed by atoms with E-state index in [9.17, 15) is 4.79 Å². The Labute approximate surface area is 159 Å². The van der Waals surface area contributed by atoms with Gasteiger partial charge in [0.25, 0.3) is 0 Å². The minimum atomic E-state index is -0.356. The molecule has 0 bridgehead atoms. The fourth-order valence-corrected chi connectivity index (χ4v) is 3.30. The summed E-state index contributed by atoms with van der Waals surface area (Å²) in [7, 11) is 0. The lowest BCUT2D eigenvalue weighted by Gasteiger charge is -2.05. The Morgan fingerprint density at radius 1 is 1.31 bits per heavy atom. The van der Waals surface area contributed by atoms with E-state index < -0.39 is 0 Å². The first-order valence-corrected chi connectivity index (χ1v) is 9.35. The van der Waals surface area contributed by atoms with Crippen molar-refractivity contribution >= 4 is 29.3 Å². The molecule has 2 N–H and O–H groups in total. The number of hydrogen-bond acceptors (Lipinski definition) is 7. The molecule has 0 saturated heterocycles. The van der Waals surface area contributed by atoms with E-state index in [0.29, 0.717) is 35.5 Å². The van der Waals surface area contributed by atoms with Gasteiger partial charge in [-0.25, -0.2) is 0 Å². The maximum Gasteiger partial charge on any atom is 0.237 e. The highest BCUT2D eigenvalue weighted by molar-refractivity contribution is 7.98. The zero-order chi connectivity index (χ0) is 18.5. The Bertz CT molecular complexity index is 893. The van der Waals surface area contributed by atoms with Crippen LogP contribution in [0.5, 0.6) is 0 Å². The Morgan fingerprint density at radius 3 is 2.77 bits per heavy atom. The van der Waals surface area contributed by atoms with Crippen molar-refractivity contribution in [2.75, 3.05) is 0 Å². The number of aryl methyl sites for hydroxylation is 1. The molecule has 0 unspecified atom stereocenters. The van der Waals surface area contributed by atoms with Gasteiger partial charge in [-0.05, 0) is 31.2 Å². The van der Waals surface area contributed by atoms with E-state index in [4.69, 9.17) is 21.9 Å². The number of nitrogens with two attached hydrogens (primary N) is 1. The Balaban J connectivity index is 1.66. The minimum absolute atomic E-state index is 0.247. The van der Waals surface area contributed by atoms with Crippen LogP contribution in [0.2, 0.25) is 5.02 Å². The SMILES string of the molecule is CCn1c(CCC(N)=O)nnc1SCc1nc(-c2ccc(Cl)cc2)no1. The lowest BCUT2D eigenvalue weighted by molar-refractivity contribution is -0.118. The topological polar surface area (TPSA) is 113 Å². The number of halogens is 1. The molecule has 0 saturated carbocycles. The molecule has 26 heavy (non-hydrogen) atoms. The van der Waals surface area contributed by atoms with Gasteiger partial charge in [0, 0.05) is 30.0 Å². The van der Waals surface area contributed by atoms with Crippen LogP contribution in [-0.4, -0.2) is 30.8 Å². The first kappa shape index (κ1) is 18.4. The van der Waals surface area contributed by atoms with Gasteiger partial charge in [-0.2, -0.15) is 4.98 Å². The number of carbonyl (C=O) groups excluding carboxylic acids is 1. The molecule has 10 heteroatoms. The molecule has 8 nitrogen and oxygen atoms in total. The zero-order valence-corrected chi connectivity index (χ0v) is 15.6. The van der Waals surface area contributed by atoms with Crippen LogP contribution in [0.3, 0.4) is 0 Å². The van der Waals surface area contributed by atoms with Crippen molar-refractivity contribution in [1.29, 1.82) is 0 Å². The summed E-state index contributed by atoms with van der Waals surface area (Å²) in [6.07, 6.45) is 0.717. The van der Waals surface area contributed by atoms with Crippen molar-refractivity contribution in [2.24, 2.45) is 5.73 Å². The molecule has 0 spiro atoms. The van der Waals surface area contributed by atoms with Crippen LogP contribution in [0.1, 0.15) is 25.1 Å². The molecule has 0 atom stereocenters. The monoisotopic (exact) mass is 392 g/mol. The lowest BCUT2D eigenvalue weighted by atomic mass is 10.2. The molecule has 1 amide bonds. The van der Waals surface area contributed by atoms with E-state index in [1.165, 1.54) is 11.8 Å². The van der Waals surface area contributed by atoms with Crippen molar-refractivity contribution < 1.29 is 9.32 Å². The first-order valence-electron chi connectivity index (χ1n) is 7.98. The normalized spacial score (nSPS) is 11.0. The smallest absolute Gasteiger partial charge is 0.237 e. The van der Waals surface area contributed by atoms with Gasteiger partial charge in [0.05, 0.1) is 5.75 Å². The summed E-state index contributed by atoms with van der Waals surface area (Å²) >= 11 is 7.33. The van der Waals surface area contributed by atoms with Crippen molar-refractivity contribution in [2.45, 2.75) is 37.2 Å². The third-order valence-corrected chi connectivity index (χ3v) is 4.80. The number of aromatic nitrogens is 5. The van der Waals surface area contributed by atoms with Gasteiger partial charge in [-0.1, -0.05) is 28.5 Å². The number of amides is 1. The minimum Gasteiger partial charge on any atom is -0.370 e. The van der Waals surface area contributed by atoms with E-state index in [1.54, 1.807) is 12.1 Å². The van der Waals surface area contributed by atoms with Crippen LogP contribution in [0.25, 0.3) is 11.4 Å². The van der Waals surface area contributed by atoms with E-state index >= 15 is 0 Å². The summed E-state index contributed by atoms with van der Waals surface area (Å²) in [5.74, 6) is 1.85. The van der Waals surface area contributed by atoms with Gasteiger partial charge in [0.15, 0.2) is 5.16 Å². The van der Waals surface area contributed by atoms with Gasteiger partial charge < -0.3 is 14.8 Å². The molecular weight excluding hydrogens is 376 g/mol. The number of thioether (sulfide) groups is 1. The van der Waals surface area contributed by atoms with Crippen LogP contribution >= 0.6 is 23.4 Å². The van der Waals surface area contributed by atoms with E-state index in [1.807, 2.05) is 23.6 Å². The number of rotatable bonds is 8. The van der Waals surface area contributed by atoms with Gasteiger partial charge in [0.2, 0.25) is 17.6 Å². The van der Waals surface area contributed by atoms with Crippen LogP contribution in [0, 0.1) is 0 Å². The molecule has 3 aromatic rings. The summed E-state index contributed by atoms with van der Waals surface area (Å²) in [5, 5.41) is 13.7. The molecule has 0 radical (unpaired) electrons. The maximum absolute atomic E-state index is 11.0. The average Bonchev–Trinajstić information content (AvgIpc) is 3.25. The second-order valence-electron chi connectivity index (χ2n) is 5.42. The molecule has 0 aliphatic heterocycles. The lowest BCUT2D eigenvalue weighted by Crippen LogP contribution is -2.13. The van der Waals surface area contributed by atoms with Crippen LogP contribution in [-0.2, 0) is 23.5 Å². The molecule has 1 aromatic carbocycles. The Kier molecular flexibility index (Phi) is 5.89. The number of benzene rings is 1. The van der Waals surface area contributed by atoms with E-state index in [2.05, 4.69) is 20.3 Å². The second kappa shape index (κ2) is 8.33. The number of hydrogen-bond donors (Lipinski definition) is 1. The van der Waals surface area contributed by atoms with Crippen molar-refractivity contribution in [1.82, 2.24) is 24.9 Å². The Hall–Kier alpha value is -2.39. The zero-order valence-electron chi connectivity index (χ0n) is 14.1. The summed E-state index contributed by atoms with van der Waals surface area (Å²) in [6.45, 7) is 2.69. The summed E-state index contributed by atoms with van der Waals surface area (Å²) in [5.41, 5.74) is 6.03. The number of primary amides is 1. The third kappa shape index (κ3) is 4.41. The van der Waals surface area contributed by atoms with Crippen LogP contribution < -0.4 is 5.73 Å². The van der Waals surface area contributed by atoms with E-state index in [0.717, 1.165) is 16.5 Å². The fourth-order valence-electron chi connectivity index (χ4n) is 2.32. The summed E-state index contributed by atoms with van der Waals surface area (Å²) < 4.78 is 7.25. The Morgan fingerprint density at radius 2 is 2.08 bits per heavy atom. The maximum atomic E-state index is 11.0. The average molecular weight is 393 g/mol. The van der Waals surface area contributed by atoms with E-state index in [-0.39, 0.29) is 12.3 Å². The highest BCUT2D eigenvalue weighted by Gasteiger charge is 2.15. The fraction of sp³-hybridized carbons (Fsp3) is 0.312. The van der Waals surface area contributed by atoms with Gasteiger partial charge >= 0.3 is 0 Å². The molecular formula is C16H17ClN6O2S. The predicted octanol–water partition coefficient (Wildman–Crippen LogP) is 2.71. The van der Waals surface area contributed by atoms with Crippen molar-refractivity contribution in [3.63, 3.8) is 0 Å². The van der Waals surface area contributed by atoms with Gasteiger partial charge in [-0.15, -0.1) is 10.2 Å². The summed E-state index contributed by atoms with van der Waals surface area (Å²) in [4.78, 5) is 15.3. The molecule has 0 aliphatic carbocycles. The standard InChI is InChI=1S/C16H17ClN6O2S/c1-2-23-13(8-7-12(18)24)20-21-16(23)26-9-14-19-15(22-25-14)10-3-5-11(17)6-4-10/h3-6H,2,7-9H2,1H3,(H2,18,24). The molecule has 0 fully saturated rings. The predicted molar refractivity (Wildman–Crippen MR) is 97.5 cm³/mol. The molecule has 136 valence electrons. The largest absolute Gasteiger partial charge is 0.370 e.